The van der Waals surface area contributed by atoms with E-state index in [-0.39, 0.29) is 22.2 Å². The summed E-state index contributed by atoms with van der Waals surface area (Å²) >= 11 is 0. The summed E-state index contributed by atoms with van der Waals surface area (Å²) < 4.78 is 23.1. The van der Waals surface area contributed by atoms with Crippen LogP contribution in [-0.2, 0) is 9.84 Å². The van der Waals surface area contributed by atoms with Crippen LogP contribution in [-0.4, -0.2) is 25.5 Å². The molecule has 0 aromatic heterocycles. The van der Waals surface area contributed by atoms with Crippen molar-refractivity contribution in [1.29, 1.82) is 0 Å². The third kappa shape index (κ3) is 4.26. The van der Waals surface area contributed by atoms with Crippen molar-refractivity contribution in [2.24, 2.45) is 0 Å². The molecule has 8 heteroatoms. The van der Waals surface area contributed by atoms with Crippen LogP contribution in [0.1, 0.15) is 40.9 Å². The van der Waals surface area contributed by atoms with Gasteiger partial charge in [0.05, 0.1) is 15.9 Å². The number of hydrogen-bond acceptors (Lipinski definition) is 5. The highest BCUT2D eigenvalue weighted by molar-refractivity contribution is 7.90. The van der Waals surface area contributed by atoms with Gasteiger partial charge in [-0.3, -0.25) is 14.9 Å². The Balaban J connectivity index is 2.27. The van der Waals surface area contributed by atoms with Crippen LogP contribution in [0, 0.1) is 17.0 Å². The lowest BCUT2D eigenvalue weighted by Gasteiger charge is -2.18. The lowest BCUT2D eigenvalue weighted by molar-refractivity contribution is -0.385. The molecule has 1 atom stereocenters. The van der Waals surface area contributed by atoms with Crippen LogP contribution in [0.4, 0.5) is 5.69 Å². The Morgan fingerprint density at radius 3 is 2.31 bits per heavy atom. The number of carbonyl (C=O) groups excluding carboxylic acids is 1. The molecule has 0 aliphatic rings. The minimum Gasteiger partial charge on any atom is -0.345 e. The molecule has 0 fully saturated rings. The van der Waals surface area contributed by atoms with Gasteiger partial charge in [-0.15, -0.1) is 0 Å². The first-order valence-electron chi connectivity index (χ1n) is 8.00. The van der Waals surface area contributed by atoms with Gasteiger partial charge < -0.3 is 5.32 Å². The number of amides is 1. The normalized spacial score (nSPS) is 12.4. The second kappa shape index (κ2) is 7.65. The van der Waals surface area contributed by atoms with Crippen LogP contribution in [0.15, 0.2) is 47.4 Å². The zero-order chi connectivity index (χ0) is 19.5. The van der Waals surface area contributed by atoms with Gasteiger partial charge in [-0.2, -0.15) is 0 Å². The Kier molecular flexibility index (Phi) is 5.76. The number of sulfone groups is 1. The van der Waals surface area contributed by atoms with E-state index in [2.05, 4.69) is 5.32 Å². The fraction of sp³-hybridized carbons (Fsp3) is 0.278. The molecule has 0 aliphatic carbocycles. The zero-order valence-corrected chi connectivity index (χ0v) is 15.5. The van der Waals surface area contributed by atoms with E-state index in [1.165, 1.54) is 37.3 Å². The molecule has 0 bridgehead atoms. The standard InChI is InChI=1S/C18H20N2O5S/c1-4-16(13-8-10-14(11-9-13)26(3,24)25)19-18(21)15-6-5-7-17(12(15)2)20(22)23/h5-11,16H,4H2,1-3H3,(H,19,21). The highest BCUT2D eigenvalue weighted by atomic mass is 32.2. The molecule has 0 radical (unpaired) electrons. The van der Waals surface area contributed by atoms with Crippen molar-refractivity contribution in [3.63, 3.8) is 0 Å². The highest BCUT2D eigenvalue weighted by Gasteiger charge is 2.20. The van der Waals surface area contributed by atoms with Gasteiger partial charge in [-0.1, -0.05) is 25.1 Å². The highest BCUT2D eigenvalue weighted by Crippen LogP contribution is 2.23. The summed E-state index contributed by atoms with van der Waals surface area (Å²) in [6.07, 6.45) is 1.71. The van der Waals surface area contributed by atoms with Crippen molar-refractivity contribution >= 4 is 21.4 Å². The van der Waals surface area contributed by atoms with Crippen LogP contribution in [0.2, 0.25) is 0 Å². The van der Waals surface area contributed by atoms with Crippen molar-refractivity contribution in [2.45, 2.75) is 31.2 Å². The fourth-order valence-electron chi connectivity index (χ4n) is 2.67. The van der Waals surface area contributed by atoms with Crippen LogP contribution in [0.25, 0.3) is 0 Å². The predicted molar refractivity (Wildman–Crippen MR) is 97.9 cm³/mol. The molecule has 0 spiro atoms. The Labute approximate surface area is 152 Å². The van der Waals surface area contributed by atoms with Crippen LogP contribution in [0.3, 0.4) is 0 Å². The van der Waals surface area contributed by atoms with Gasteiger partial charge in [0.25, 0.3) is 11.6 Å². The van der Waals surface area contributed by atoms with Crippen molar-refractivity contribution in [2.75, 3.05) is 6.26 Å². The molecular formula is C18H20N2O5S. The third-order valence-electron chi connectivity index (χ3n) is 4.17. The summed E-state index contributed by atoms with van der Waals surface area (Å²) in [5.41, 5.74) is 1.20. The molecule has 2 rings (SSSR count). The maximum atomic E-state index is 12.6. The predicted octanol–water partition coefficient (Wildman–Crippen LogP) is 3.19. The summed E-state index contributed by atoms with van der Waals surface area (Å²) in [5, 5.41) is 13.9. The number of carbonyl (C=O) groups is 1. The molecule has 26 heavy (non-hydrogen) atoms. The van der Waals surface area contributed by atoms with Gasteiger partial charge in [-0.05, 0) is 37.1 Å². The summed E-state index contributed by atoms with van der Waals surface area (Å²) in [4.78, 5) is 23.3. The number of benzene rings is 2. The molecule has 1 unspecified atom stereocenters. The summed E-state index contributed by atoms with van der Waals surface area (Å²) in [7, 11) is -3.29. The monoisotopic (exact) mass is 376 g/mol. The smallest absolute Gasteiger partial charge is 0.273 e. The van der Waals surface area contributed by atoms with Gasteiger partial charge in [-0.25, -0.2) is 8.42 Å². The maximum absolute atomic E-state index is 12.6. The van der Waals surface area contributed by atoms with Gasteiger partial charge in [0.1, 0.15) is 0 Å². The van der Waals surface area contributed by atoms with Crippen LogP contribution in [0.5, 0.6) is 0 Å². The van der Waals surface area contributed by atoms with Crippen LogP contribution < -0.4 is 5.32 Å². The Morgan fingerprint density at radius 2 is 1.81 bits per heavy atom. The number of nitrogens with one attached hydrogen (secondary N) is 1. The maximum Gasteiger partial charge on any atom is 0.273 e. The second-order valence-electron chi connectivity index (χ2n) is 5.98. The van der Waals surface area contributed by atoms with Crippen molar-refractivity contribution < 1.29 is 18.1 Å². The minimum atomic E-state index is -3.29. The molecule has 2 aromatic rings. The molecule has 1 N–H and O–H groups in total. The van der Waals surface area contributed by atoms with E-state index in [9.17, 15) is 23.3 Å². The Bertz CT molecular complexity index is 937. The van der Waals surface area contributed by atoms with Crippen molar-refractivity contribution in [3.05, 3.63) is 69.3 Å². The molecule has 1 amide bonds. The first-order chi connectivity index (χ1) is 12.1. The molecule has 0 saturated carbocycles. The summed E-state index contributed by atoms with van der Waals surface area (Å²) in [5.74, 6) is -0.412. The van der Waals surface area contributed by atoms with E-state index in [4.69, 9.17) is 0 Å². The molecule has 138 valence electrons. The van der Waals surface area contributed by atoms with E-state index in [0.717, 1.165) is 11.8 Å². The zero-order valence-electron chi connectivity index (χ0n) is 14.7. The molecule has 0 aliphatic heterocycles. The number of nitro benzene ring substituents is 1. The lowest BCUT2D eigenvalue weighted by atomic mass is 10.0. The molecule has 7 nitrogen and oxygen atoms in total. The van der Waals surface area contributed by atoms with Gasteiger partial charge in [0, 0.05) is 23.4 Å². The van der Waals surface area contributed by atoms with E-state index in [1.807, 2.05) is 6.92 Å². The van der Waals surface area contributed by atoms with Gasteiger partial charge in [0.2, 0.25) is 0 Å². The average molecular weight is 376 g/mol. The lowest BCUT2D eigenvalue weighted by Crippen LogP contribution is -2.28. The largest absolute Gasteiger partial charge is 0.345 e. The average Bonchev–Trinajstić information content (AvgIpc) is 2.58. The minimum absolute atomic E-state index is 0.108. The fourth-order valence-corrected chi connectivity index (χ4v) is 3.30. The molecule has 0 heterocycles. The second-order valence-corrected chi connectivity index (χ2v) is 8.00. The molecule has 0 saturated heterocycles. The van der Waals surface area contributed by atoms with E-state index < -0.39 is 20.7 Å². The molecular weight excluding hydrogens is 356 g/mol. The van der Waals surface area contributed by atoms with E-state index in [0.29, 0.717) is 12.0 Å². The summed E-state index contributed by atoms with van der Waals surface area (Å²) in [6, 6.07) is 10.3. The van der Waals surface area contributed by atoms with Crippen molar-refractivity contribution in [1.82, 2.24) is 5.32 Å². The number of nitro groups is 1. The number of rotatable bonds is 6. The van der Waals surface area contributed by atoms with Crippen LogP contribution >= 0.6 is 0 Å². The summed E-state index contributed by atoms with van der Waals surface area (Å²) in [6.45, 7) is 3.42. The van der Waals surface area contributed by atoms with Gasteiger partial charge in [0.15, 0.2) is 9.84 Å². The van der Waals surface area contributed by atoms with Crippen molar-refractivity contribution in [3.8, 4) is 0 Å². The third-order valence-corrected chi connectivity index (χ3v) is 5.30. The first kappa shape index (κ1) is 19.6. The SMILES string of the molecule is CCC(NC(=O)c1cccc([N+](=O)[O-])c1C)c1ccc(S(C)(=O)=O)cc1. The van der Waals surface area contributed by atoms with Gasteiger partial charge >= 0.3 is 0 Å². The van der Waals surface area contributed by atoms with E-state index in [1.54, 1.807) is 12.1 Å². The van der Waals surface area contributed by atoms with E-state index >= 15 is 0 Å². The quantitative estimate of drug-likeness (QED) is 0.615. The first-order valence-corrected chi connectivity index (χ1v) is 9.89. The molecule has 2 aromatic carbocycles. The number of nitrogens with zero attached hydrogens (tertiary/aromatic N) is 1. The Hall–Kier alpha value is -2.74. The topological polar surface area (TPSA) is 106 Å². The Morgan fingerprint density at radius 1 is 1.19 bits per heavy atom. The number of hydrogen-bond donors (Lipinski definition) is 1.